The van der Waals surface area contributed by atoms with Crippen molar-refractivity contribution in [2.45, 2.75) is 94.5 Å². The Morgan fingerprint density at radius 2 is 1.60 bits per heavy atom. The van der Waals surface area contributed by atoms with Gasteiger partial charge in [-0.3, -0.25) is 9.00 Å². The van der Waals surface area contributed by atoms with Crippen molar-refractivity contribution in [1.29, 1.82) is 0 Å². The molecule has 2 bridgehead atoms. The van der Waals surface area contributed by atoms with Crippen molar-refractivity contribution in [3.05, 3.63) is 0 Å². The maximum absolute atomic E-state index is 12.3. The summed E-state index contributed by atoms with van der Waals surface area (Å²) >= 11 is 0. The summed E-state index contributed by atoms with van der Waals surface area (Å²) in [5.41, 5.74) is 0. The molecular formula is C17H30O2S. The molecule has 2 rings (SSSR count). The first-order chi connectivity index (χ1) is 9.72. The minimum absolute atomic E-state index is 0.235. The van der Waals surface area contributed by atoms with Crippen LogP contribution in [0.4, 0.5) is 0 Å². The number of ketones is 1. The van der Waals surface area contributed by atoms with E-state index in [0.29, 0.717) is 16.3 Å². The van der Waals surface area contributed by atoms with Crippen LogP contribution in [0.15, 0.2) is 0 Å². The highest BCUT2D eigenvalue weighted by Gasteiger charge is 2.39. The molecule has 2 fully saturated rings. The monoisotopic (exact) mass is 298 g/mol. The first-order valence-electron chi connectivity index (χ1n) is 8.64. The van der Waals surface area contributed by atoms with Crippen molar-refractivity contribution >= 4 is 16.6 Å². The van der Waals surface area contributed by atoms with Gasteiger partial charge in [-0.05, 0) is 32.1 Å². The minimum Gasteiger partial charge on any atom is -0.299 e. The Bertz CT molecular complexity index is 324. The average Bonchev–Trinajstić information content (AvgIpc) is 2.42. The lowest BCUT2D eigenvalue weighted by Gasteiger charge is -2.37. The molecule has 2 atom stereocenters. The predicted octanol–water partition coefficient (Wildman–Crippen LogP) is 4.39. The average molecular weight is 298 g/mol. The van der Waals surface area contributed by atoms with Crippen molar-refractivity contribution in [2.75, 3.05) is 0 Å². The fourth-order valence-corrected chi connectivity index (χ4v) is 5.97. The maximum atomic E-state index is 12.3. The molecule has 0 radical (unpaired) electrons. The van der Waals surface area contributed by atoms with Crippen molar-refractivity contribution < 1.29 is 9.00 Å². The number of hydrogen-bond acceptors (Lipinski definition) is 2. The van der Waals surface area contributed by atoms with E-state index >= 15 is 0 Å². The summed E-state index contributed by atoms with van der Waals surface area (Å²) in [7, 11) is -0.637. The van der Waals surface area contributed by atoms with Gasteiger partial charge in [0.15, 0.2) is 0 Å². The molecule has 2 heterocycles. The van der Waals surface area contributed by atoms with Crippen LogP contribution in [0.1, 0.15) is 84.0 Å². The SMILES string of the molecule is CCCCCCCCC(=O)C1CC2CCCC(C1)S2=O. The number of carbonyl (C=O) groups is 1. The number of carbonyl (C=O) groups excluding carboxylic acids is 1. The van der Waals surface area contributed by atoms with E-state index in [4.69, 9.17) is 0 Å². The van der Waals surface area contributed by atoms with E-state index in [1.807, 2.05) is 0 Å². The molecule has 0 saturated carbocycles. The zero-order valence-corrected chi connectivity index (χ0v) is 13.8. The molecule has 2 aliphatic rings. The van der Waals surface area contributed by atoms with E-state index < -0.39 is 10.8 Å². The Morgan fingerprint density at radius 1 is 1.00 bits per heavy atom. The van der Waals surface area contributed by atoms with Crippen LogP contribution in [0.3, 0.4) is 0 Å². The Morgan fingerprint density at radius 3 is 2.25 bits per heavy atom. The molecule has 2 unspecified atom stereocenters. The summed E-state index contributed by atoms with van der Waals surface area (Å²) in [5, 5.41) is 0.669. The molecule has 0 aromatic carbocycles. The van der Waals surface area contributed by atoms with Gasteiger partial charge < -0.3 is 0 Å². The fourth-order valence-electron chi connectivity index (χ4n) is 3.78. The van der Waals surface area contributed by atoms with E-state index in [2.05, 4.69) is 6.92 Å². The maximum Gasteiger partial charge on any atom is 0.136 e. The summed E-state index contributed by atoms with van der Waals surface area (Å²) in [6, 6.07) is 0. The molecule has 2 saturated heterocycles. The fraction of sp³-hybridized carbons (Fsp3) is 0.941. The van der Waals surface area contributed by atoms with Crippen molar-refractivity contribution in [2.24, 2.45) is 5.92 Å². The molecule has 3 heteroatoms. The van der Waals surface area contributed by atoms with Gasteiger partial charge in [-0.2, -0.15) is 0 Å². The van der Waals surface area contributed by atoms with Gasteiger partial charge in [-0.15, -0.1) is 0 Å². The Hall–Kier alpha value is -0.180. The summed E-state index contributed by atoms with van der Waals surface area (Å²) in [6.07, 6.45) is 13.5. The lowest BCUT2D eigenvalue weighted by molar-refractivity contribution is -0.123. The van der Waals surface area contributed by atoms with Crippen molar-refractivity contribution in [3.8, 4) is 0 Å². The molecule has 0 aromatic heterocycles. The van der Waals surface area contributed by atoms with E-state index in [-0.39, 0.29) is 5.92 Å². The quantitative estimate of drug-likeness (QED) is 0.623. The van der Waals surface area contributed by atoms with Crippen LogP contribution >= 0.6 is 0 Å². The Kier molecular flexibility index (Phi) is 6.73. The normalized spacial score (nSPS) is 33.0. The third-order valence-electron chi connectivity index (χ3n) is 5.04. The van der Waals surface area contributed by atoms with Crippen LogP contribution < -0.4 is 0 Å². The van der Waals surface area contributed by atoms with E-state index in [1.165, 1.54) is 38.5 Å². The highest BCUT2D eigenvalue weighted by molar-refractivity contribution is 7.86. The second kappa shape index (κ2) is 8.31. The minimum atomic E-state index is -0.637. The van der Waals surface area contributed by atoms with Gasteiger partial charge in [0.05, 0.1) is 0 Å². The third kappa shape index (κ3) is 4.41. The van der Waals surface area contributed by atoms with Gasteiger partial charge in [0.2, 0.25) is 0 Å². The lowest BCUT2D eigenvalue weighted by Crippen LogP contribution is -2.41. The summed E-state index contributed by atoms with van der Waals surface area (Å²) < 4.78 is 12.1. The number of unbranched alkanes of at least 4 members (excludes halogenated alkanes) is 5. The van der Waals surface area contributed by atoms with Gasteiger partial charge >= 0.3 is 0 Å². The Balaban J connectivity index is 1.67. The highest BCUT2D eigenvalue weighted by Crippen LogP contribution is 2.37. The van der Waals surface area contributed by atoms with Gasteiger partial charge in [-0.1, -0.05) is 45.4 Å². The topological polar surface area (TPSA) is 34.1 Å². The van der Waals surface area contributed by atoms with Gasteiger partial charge in [-0.25, -0.2) is 0 Å². The number of rotatable bonds is 8. The molecule has 0 aliphatic carbocycles. The van der Waals surface area contributed by atoms with Gasteiger partial charge in [0.1, 0.15) is 5.78 Å². The highest BCUT2D eigenvalue weighted by atomic mass is 32.2. The molecule has 2 aliphatic heterocycles. The number of hydrogen-bond donors (Lipinski definition) is 0. The van der Waals surface area contributed by atoms with Gasteiger partial charge in [0, 0.05) is 33.6 Å². The zero-order chi connectivity index (χ0) is 14.4. The molecule has 0 N–H and O–H groups in total. The zero-order valence-electron chi connectivity index (χ0n) is 12.9. The first kappa shape index (κ1) is 16.2. The van der Waals surface area contributed by atoms with Crippen LogP contribution in [-0.4, -0.2) is 20.5 Å². The van der Waals surface area contributed by atoms with Crippen molar-refractivity contribution in [1.82, 2.24) is 0 Å². The smallest absolute Gasteiger partial charge is 0.136 e. The predicted molar refractivity (Wildman–Crippen MR) is 85.3 cm³/mol. The molecule has 0 spiro atoms. The molecule has 0 amide bonds. The van der Waals surface area contributed by atoms with Crippen LogP contribution in [0.5, 0.6) is 0 Å². The summed E-state index contributed by atoms with van der Waals surface area (Å²) in [4.78, 5) is 12.3. The summed E-state index contributed by atoms with van der Waals surface area (Å²) in [6.45, 7) is 2.23. The van der Waals surface area contributed by atoms with E-state index in [0.717, 1.165) is 38.5 Å². The van der Waals surface area contributed by atoms with Crippen molar-refractivity contribution in [3.63, 3.8) is 0 Å². The second-order valence-corrected chi connectivity index (χ2v) is 8.65. The van der Waals surface area contributed by atoms with Crippen LogP contribution in [0.2, 0.25) is 0 Å². The van der Waals surface area contributed by atoms with E-state index in [9.17, 15) is 9.00 Å². The van der Waals surface area contributed by atoms with Crippen LogP contribution in [0.25, 0.3) is 0 Å². The molecular weight excluding hydrogens is 268 g/mol. The third-order valence-corrected chi connectivity index (χ3v) is 7.21. The Labute approximate surface area is 126 Å². The molecule has 20 heavy (non-hydrogen) atoms. The van der Waals surface area contributed by atoms with Crippen LogP contribution in [0, 0.1) is 5.92 Å². The molecule has 2 nitrogen and oxygen atoms in total. The summed E-state index contributed by atoms with van der Waals surface area (Å²) in [5.74, 6) is 0.702. The lowest BCUT2D eigenvalue weighted by atomic mass is 9.85. The number of Topliss-reactive ketones (excluding diaryl/α,β-unsaturated/α-hetero) is 1. The standard InChI is InChI=1S/C17H30O2S/c1-2-3-4-5-6-7-11-17(18)14-12-15-9-8-10-16(13-14)20(15)19/h14-16H,2-13H2,1H3. The molecule has 0 aromatic rings. The number of fused-ring (bicyclic) bond motifs is 2. The largest absolute Gasteiger partial charge is 0.299 e. The second-order valence-electron chi connectivity index (χ2n) is 6.66. The van der Waals surface area contributed by atoms with E-state index in [1.54, 1.807) is 0 Å². The molecule has 116 valence electrons. The van der Waals surface area contributed by atoms with Crippen LogP contribution in [-0.2, 0) is 15.6 Å². The van der Waals surface area contributed by atoms with Gasteiger partial charge in [0.25, 0.3) is 0 Å². The first-order valence-corrected chi connectivity index (χ1v) is 9.92.